The summed E-state index contributed by atoms with van der Waals surface area (Å²) in [5.41, 5.74) is 0.624. The summed E-state index contributed by atoms with van der Waals surface area (Å²) in [6.45, 7) is -0.112. The molecule has 0 amide bonds. The van der Waals surface area contributed by atoms with Gasteiger partial charge in [0.25, 0.3) is 0 Å². The lowest BCUT2D eigenvalue weighted by atomic mass is 10.0. The fraction of sp³-hybridized carbons (Fsp3) is 0.200. The minimum Gasteiger partial charge on any atom is -0.490 e. The van der Waals surface area contributed by atoms with Gasteiger partial charge in [0.1, 0.15) is 5.82 Å². The quantitative estimate of drug-likeness (QED) is 0.899. The Labute approximate surface area is 110 Å². The van der Waals surface area contributed by atoms with Crippen molar-refractivity contribution in [2.24, 2.45) is 0 Å². The van der Waals surface area contributed by atoms with Gasteiger partial charge in [-0.3, -0.25) is 0 Å². The summed E-state index contributed by atoms with van der Waals surface area (Å²) in [7, 11) is 0. The molecule has 100 valence electrons. The van der Waals surface area contributed by atoms with E-state index in [1.807, 2.05) is 0 Å². The highest BCUT2D eigenvalue weighted by Gasteiger charge is 2.13. The lowest BCUT2D eigenvalue weighted by Crippen LogP contribution is -2.14. The first-order valence-corrected chi connectivity index (χ1v) is 5.94. The molecule has 0 aliphatic carbocycles. The summed E-state index contributed by atoms with van der Waals surface area (Å²) in [5.74, 6) is -1.10. The van der Waals surface area contributed by atoms with Gasteiger partial charge in [0.2, 0.25) is 0 Å². The zero-order valence-electron chi connectivity index (χ0n) is 10.2. The molecule has 2 nitrogen and oxygen atoms in total. The van der Waals surface area contributed by atoms with E-state index in [0.717, 1.165) is 0 Å². The van der Waals surface area contributed by atoms with E-state index in [1.54, 1.807) is 24.3 Å². The molecule has 0 spiro atoms. The van der Waals surface area contributed by atoms with E-state index in [4.69, 9.17) is 4.74 Å². The third kappa shape index (κ3) is 3.51. The summed E-state index contributed by atoms with van der Waals surface area (Å²) >= 11 is 0. The van der Waals surface area contributed by atoms with Gasteiger partial charge >= 0.3 is 0 Å². The van der Waals surface area contributed by atoms with Crippen LogP contribution in [0.5, 0.6) is 5.75 Å². The number of halogens is 2. The molecule has 0 saturated heterocycles. The van der Waals surface area contributed by atoms with Crippen LogP contribution in [0.1, 0.15) is 11.5 Å². The van der Waals surface area contributed by atoms with Crippen LogP contribution in [0.2, 0.25) is 0 Å². The standard InChI is InChI=1S/C15H14F2O2/c16-13-5-3-4-11(8-13)12(9-18)10-19-15-7-2-1-6-14(15)17/h1-8,12,18H,9-10H2. The van der Waals surface area contributed by atoms with Crippen LogP contribution < -0.4 is 4.74 Å². The Morgan fingerprint density at radius 3 is 2.53 bits per heavy atom. The maximum Gasteiger partial charge on any atom is 0.165 e. The molecular weight excluding hydrogens is 250 g/mol. The maximum atomic E-state index is 13.4. The van der Waals surface area contributed by atoms with Gasteiger partial charge in [-0.05, 0) is 29.8 Å². The third-order valence-corrected chi connectivity index (χ3v) is 2.82. The maximum absolute atomic E-state index is 13.4. The molecule has 1 N–H and O–H groups in total. The van der Waals surface area contributed by atoms with Crippen LogP contribution in [-0.2, 0) is 0 Å². The Morgan fingerprint density at radius 1 is 1.05 bits per heavy atom. The lowest BCUT2D eigenvalue weighted by Gasteiger charge is -2.16. The molecule has 0 aliphatic heterocycles. The predicted molar refractivity (Wildman–Crippen MR) is 68.1 cm³/mol. The normalized spacial score (nSPS) is 12.2. The van der Waals surface area contributed by atoms with Crippen molar-refractivity contribution in [3.05, 3.63) is 65.7 Å². The van der Waals surface area contributed by atoms with Gasteiger partial charge in [0.15, 0.2) is 11.6 Å². The molecule has 19 heavy (non-hydrogen) atoms. The molecule has 2 aromatic rings. The largest absolute Gasteiger partial charge is 0.490 e. The van der Waals surface area contributed by atoms with Crippen molar-refractivity contribution in [2.75, 3.05) is 13.2 Å². The molecule has 0 fully saturated rings. The zero-order valence-corrected chi connectivity index (χ0v) is 10.2. The van der Waals surface area contributed by atoms with Crippen LogP contribution >= 0.6 is 0 Å². The number of aliphatic hydroxyl groups excluding tert-OH is 1. The van der Waals surface area contributed by atoms with E-state index in [-0.39, 0.29) is 24.8 Å². The van der Waals surface area contributed by atoms with Crippen molar-refractivity contribution in [2.45, 2.75) is 5.92 Å². The molecule has 0 aromatic heterocycles. The van der Waals surface area contributed by atoms with Crippen molar-refractivity contribution in [1.29, 1.82) is 0 Å². The van der Waals surface area contributed by atoms with Gasteiger partial charge in [0, 0.05) is 5.92 Å². The van der Waals surface area contributed by atoms with E-state index < -0.39 is 11.7 Å². The summed E-state index contributed by atoms with van der Waals surface area (Å²) < 4.78 is 31.8. The minimum absolute atomic E-state index is 0.0842. The Hall–Kier alpha value is -1.94. The molecule has 1 atom stereocenters. The number of hydrogen-bond acceptors (Lipinski definition) is 2. The number of hydrogen-bond donors (Lipinski definition) is 1. The van der Waals surface area contributed by atoms with E-state index >= 15 is 0 Å². The van der Waals surface area contributed by atoms with Crippen LogP contribution in [0.25, 0.3) is 0 Å². The number of ether oxygens (including phenoxy) is 1. The average molecular weight is 264 g/mol. The van der Waals surface area contributed by atoms with Crippen LogP contribution in [0.4, 0.5) is 8.78 Å². The molecule has 0 bridgehead atoms. The highest BCUT2D eigenvalue weighted by molar-refractivity contribution is 5.25. The number of benzene rings is 2. The van der Waals surface area contributed by atoms with Crippen molar-refractivity contribution in [1.82, 2.24) is 0 Å². The average Bonchev–Trinajstić information content (AvgIpc) is 2.41. The highest BCUT2D eigenvalue weighted by atomic mass is 19.1. The SMILES string of the molecule is OCC(COc1ccccc1F)c1cccc(F)c1. The fourth-order valence-electron chi connectivity index (χ4n) is 1.77. The topological polar surface area (TPSA) is 29.5 Å². The van der Waals surface area contributed by atoms with Crippen LogP contribution in [0, 0.1) is 11.6 Å². The first-order valence-electron chi connectivity index (χ1n) is 5.94. The lowest BCUT2D eigenvalue weighted by molar-refractivity contribution is 0.200. The van der Waals surface area contributed by atoms with Crippen LogP contribution in [0.15, 0.2) is 48.5 Å². The highest BCUT2D eigenvalue weighted by Crippen LogP contribution is 2.20. The van der Waals surface area contributed by atoms with Crippen molar-refractivity contribution in [3.63, 3.8) is 0 Å². The van der Waals surface area contributed by atoms with Gasteiger partial charge in [-0.2, -0.15) is 0 Å². The van der Waals surface area contributed by atoms with Crippen molar-refractivity contribution in [3.8, 4) is 5.75 Å². The van der Waals surface area contributed by atoms with E-state index in [2.05, 4.69) is 0 Å². The van der Waals surface area contributed by atoms with Gasteiger partial charge in [0.05, 0.1) is 13.2 Å². The first kappa shape index (κ1) is 13.5. The van der Waals surface area contributed by atoms with Crippen molar-refractivity contribution >= 4 is 0 Å². The van der Waals surface area contributed by atoms with Gasteiger partial charge in [-0.1, -0.05) is 24.3 Å². The zero-order chi connectivity index (χ0) is 13.7. The Balaban J connectivity index is 2.06. The van der Waals surface area contributed by atoms with E-state index in [0.29, 0.717) is 5.56 Å². The van der Waals surface area contributed by atoms with Crippen LogP contribution in [-0.4, -0.2) is 18.3 Å². The smallest absolute Gasteiger partial charge is 0.165 e. The fourth-order valence-corrected chi connectivity index (χ4v) is 1.77. The molecule has 0 heterocycles. The second kappa shape index (κ2) is 6.29. The van der Waals surface area contributed by atoms with Gasteiger partial charge in [-0.15, -0.1) is 0 Å². The van der Waals surface area contributed by atoms with Crippen LogP contribution in [0.3, 0.4) is 0 Å². The number of aliphatic hydroxyl groups is 1. The number of para-hydroxylation sites is 1. The Kier molecular flexibility index (Phi) is 4.47. The summed E-state index contributed by atoms with van der Waals surface area (Å²) in [5, 5.41) is 9.32. The Bertz CT molecular complexity index is 543. The molecule has 0 radical (unpaired) electrons. The second-order valence-corrected chi connectivity index (χ2v) is 4.18. The molecule has 1 unspecified atom stereocenters. The summed E-state index contributed by atoms with van der Waals surface area (Å²) in [6.07, 6.45) is 0. The molecule has 0 saturated carbocycles. The summed E-state index contributed by atoms with van der Waals surface area (Å²) in [4.78, 5) is 0. The van der Waals surface area contributed by atoms with Crippen molar-refractivity contribution < 1.29 is 18.6 Å². The molecule has 2 rings (SSSR count). The van der Waals surface area contributed by atoms with Gasteiger partial charge in [-0.25, -0.2) is 8.78 Å². The second-order valence-electron chi connectivity index (χ2n) is 4.18. The van der Waals surface area contributed by atoms with E-state index in [9.17, 15) is 13.9 Å². The molecular formula is C15H14F2O2. The Morgan fingerprint density at radius 2 is 1.84 bits per heavy atom. The minimum atomic E-state index is -0.460. The predicted octanol–water partition coefficient (Wildman–Crippen LogP) is 3.12. The molecule has 2 aromatic carbocycles. The summed E-state index contributed by atoms with van der Waals surface area (Å²) in [6, 6.07) is 12.0. The van der Waals surface area contributed by atoms with Gasteiger partial charge < -0.3 is 9.84 Å². The molecule has 4 heteroatoms. The molecule has 0 aliphatic rings. The number of rotatable bonds is 5. The monoisotopic (exact) mass is 264 g/mol. The first-order chi connectivity index (χ1) is 9.20. The third-order valence-electron chi connectivity index (χ3n) is 2.82. The van der Waals surface area contributed by atoms with E-state index in [1.165, 1.54) is 24.3 Å².